The Morgan fingerprint density at radius 2 is 0.528 bits per heavy atom. The molecular formula is C35H73N. The van der Waals surface area contributed by atoms with Crippen LogP contribution in [0.4, 0.5) is 0 Å². The Hall–Kier alpha value is -0.0400. The summed E-state index contributed by atoms with van der Waals surface area (Å²) in [6, 6.07) is 0.782. The van der Waals surface area contributed by atoms with Gasteiger partial charge in [-0.2, -0.15) is 0 Å². The molecule has 0 radical (unpaired) electrons. The van der Waals surface area contributed by atoms with Crippen molar-refractivity contribution in [1.82, 2.24) is 5.32 Å². The number of hydrogen-bond acceptors (Lipinski definition) is 1. The molecule has 0 saturated heterocycles. The Bertz CT molecular complexity index is 334. The van der Waals surface area contributed by atoms with Crippen molar-refractivity contribution in [2.24, 2.45) is 0 Å². The second-order valence-electron chi connectivity index (χ2n) is 12.0. The van der Waals surface area contributed by atoms with Gasteiger partial charge in [-0.3, -0.25) is 0 Å². The molecule has 0 aliphatic carbocycles. The third-order valence-electron chi connectivity index (χ3n) is 8.31. The van der Waals surface area contributed by atoms with Gasteiger partial charge in [0.1, 0.15) is 0 Å². The van der Waals surface area contributed by atoms with E-state index < -0.39 is 0 Å². The largest absolute Gasteiger partial charge is 0.314 e. The first-order valence-corrected chi connectivity index (χ1v) is 17.6. The van der Waals surface area contributed by atoms with E-state index in [1.807, 2.05) is 0 Å². The summed E-state index contributed by atoms with van der Waals surface area (Å²) < 4.78 is 0. The van der Waals surface area contributed by atoms with E-state index in [9.17, 15) is 0 Å². The number of nitrogens with one attached hydrogen (secondary N) is 1. The number of rotatable bonds is 32. The fourth-order valence-electron chi connectivity index (χ4n) is 5.81. The highest BCUT2D eigenvalue weighted by atomic mass is 14.9. The Balaban J connectivity index is 3.37. The highest BCUT2D eigenvalue weighted by Crippen LogP contribution is 2.17. The summed E-state index contributed by atoms with van der Waals surface area (Å²) in [4.78, 5) is 0. The van der Waals surface area contributed by atoms with Crippen LogP contribution in [0.15, 0.2) is 0 Å². The molecule has 0 amide bonds. The molecule has 0 aliphatic rings. The van der Waals surface area contributed by atoms with Crippen LogP contribution in [0.2, 0.25) is 0 Å². The zero-order valence-corrected chi connectivity index (χ0v) is 26.0. The molecule has 36 heavy (non-hydrogen) atoms. The molecule has 0 aromatic rings. The lowest BCUT2D eigenvalue weighted by Gasteiger charge is -2.17. The molecule has 0 atom stereocenters. The molecule has 1 N–H and O–H groups in total. The van der Waals surface area contributed by atoms with Crippen LogP contribution >= 0.6 is 0 Å². The highest BCUT2D eigenvalue weighted by molar-refractivity contribution is 4.66. The highest BCUT2D eigenvalue weighted by Gasteiger charge is 2.06. The van der Waals surface area contributed by atoms with Crippen LogP contribution in [0.5, 0.6) is 0 Å². The van der Waals surface area contributed by atoms with E-state index in [2.05, 4.69) is 26.1 Å². The normalized spacial score (nSPS) is 11.7. The second-order valence-corrected chi connectivity index (χ2v) is 12.0. The van der Waals surface area contributed by atoms with Crippen LogP contribution in [0, 0.1) is 0 Å². The van der Waals surface area contributed by atoms with Crippen LogP contribution < -0.4 is 5.32 Å². The van der Waals surface area contributed by atoms with Crippen molar-refractivity contribution in [3.05, 3.63) is 0 Å². The van der Waals surface area contributed by atoms with Crippen molar-refractivity contribution in [3.63, 3.8) is 0 Å². The SMILES string of the molecule is CCCCCCCCCCCCCCCCC(CCCCCCCCCCCCCCCC)NCC. The lowest BCUT2D eigenvalue weighted by molar-refractivity contribution is 0.418. The van der Waals surface area contributed by atoms with Gasteiger partial charge in [-0.15, -0.1) is 0 Å². The third-order valence-corrected chi connectivity index (χ3v) is 8.31. The van der Waals surface area contributed by atoms with Gasteiger partial charge in [-0.1, -0.05) is 201 Å². The molecule has 0 rings (SSSR count). The Morgan fingerprint density at radius 3 is 0.750 bits per heavy atom. The van der Waals surface area contributed by atoms with Crippen LogP contribution in [0.3, 0.4) is 0 Å². The van der Waals surface area contributed by atoms with E-state index in [1.54, 1.807) is 0 Å². The van der Waals surface area contributed by atoms with Crippen LogP contribution in [-0.4, -0.2) is 12.6 Å². The van der Waals surface area contributed by atoms with Gasteiger partial charge >= 0.3 is 0 Å². The molecule has 0 heterocycles. The third kappa shape index (κ3) is 30.2. The Morgan fingerprint density at radius 1 is 0.306 bits per heavy atom. The van der Waals surface area contributed by atoms with Gasteiger partial charge in [0.2, 0.25) is 0 Å². The fraction of sp³-hybridized carbons (Fsp3) is 1.00. The van der Waals surface area contributed by atoms with Gasteiger partial charge < -0.3 is 5.32 Å². The Kier molecular flexibility index (Phi) is 33.0. The van der Waals surface area contributed by atoms with E-state index in [1.165, 1.54) is 193 Å². The van der Waals surface area contributed by atoms with Gasteiger partial charge in [0.05, 0.1) is 0 Å². The van der Waals surface area contributed by atoms with E-state index in [0.29, 0.717) is 0 Å². The standard InChI is InChI=1S/C35H73N/c1-4-7-9-11-13-15-17-19-21-23-25-27-29-31-33-35(36-6-3)34-32-30-28-26-24-22-20-18-16-14-12-10-8-5-2/h35-36H,4-34H2,1-3H3. The molecule has 0 aliphatic heterocycles. The maximum absolute atomic E-state index is 3.78. The minimum Gasteiger partial charge on any atom is -0.314 e. The molecule has 0 saturated carbocycles. The summed E-state index contributed by atoms with van der Waals surface area (Å²) in [5.74, 6) is 0. The van der Waals surface area contributed by atoms with Crippen molar-refractivity contribution in [1.29, 1.82) is 0 Å². The van der Waals surface area contributed by atoms with Gasteiger partial charge in [-0.05, 0) is 19.4 Å². The molecular weight excluding hydrogens is 434 g/mol. The number of unbranched alkanes of at least 4 members (excludes halogenated alkanes) is 26. The molecule has 0 bridgehead atoms. The monoisotopic (exact) mass is 508 g/mol. The molecule has 218 valence electrons. The van der Waals surface area contributed by atoms with Crippen molar-refractivity contribution < 1.29 is 0 Å². The zero-order chi connectivity index (χ0) is 26.2. The lowest BCUT2D eigenvalue weighted by Crippen LogP contribution is -2.28. The van der Waals surface area contributed by atoms with Crippen LogP contribution in [-0.2, 0) is 0 Å². The lowest BCUT2D eigenvalue weighted by atomic mass is 9.99. The molecule has 0 aromatic heterocycles. The second kappa shape index (κ2) is 33.0. The molecule has 1 nitrogen and oxygen atoms in total. The molecule has 0 spiro atoms. The van der Waals surface area contributed by atoms with Gasteiger partial charge in [-0.25, -0.2) is 0 Å². The predicted octanol–water partition coefficient (Wildman–Crippen LogP) is 12.7. The minimum atomic E-state index is 0.782. The van der Waals surface area contributed by atoms with Crippen LogP contribution in [0.1, 0.15) is 213 Å². The summed E-state index contributed by atoms with van der Waals surface area (Å²) >= 11 is 0. The van der Waals surface area contributed by atoms with Gasteiger partial charge in [0.15, 0.2) is 0 Å². The first-order chi connectivity index (χ1) is 17.8. The van der Waals surface area contributed by atoms with Crippen LogP contribution in [0.25, 0.3) is 0 Å². The zero-order valence-electron chi connectivity index (χ0n) is 26.0. The van der Waals surface area contributed by atoms with Crippen molar-refractivity contribution in [2.75, 3.05) is 6.54 Å². The van der Waals surface area contributed by atoms with Gasteiger partial charge in [0.25, 0.3) is 0 Å². The summed E-state index contributed by atoms with van der Waals surface area (Å²) in [7, 11) is 0. The predicted molar refractivity (Wildman–Crippen MR) is 167 cm³/mol. The van der Waals surface area contributed by atoms with E-state index in [-0.39, 0.29) is 0 Å². The van der Waals surface area contributed by atoms with Crippen molar-refractivity contribution in [2.45, 2.75) is 219 Å². The maximum Gasteiger partial charge on any atom is 0.00669 e. The molecule has 0 aromatic carbocycles. The summed E-state index contributed by atoms with van der Waals surface area (Å²) in [6.45, 7) is 8.04. The fourth-order valence-corrected chi connectivity index (χ4v) is 5.81. The van der Waals surface area contributed by atoms with E-state index in [4.69, 9.17) is 0 Å². The number of hydrogen-bond donors (Lipinski definition) is 1. The maximum atomic E-state index is 3.78. The smallest absolute Gasteiger partial charge is 0.00669 e. The van der Waals surface area contributed by atoms with E-state index in [0.717, 1.165) is 12.6 Å². The molecule has 0 fully saturated rings. The topological polar surface area (TPSA) is 12.0 Å². The quantitative estimate of drug-likeness (QED) is 0.0892. The van der Waals surface area contributed by atoms with Crippen molar-refractivity contribution in [3.8, 4) is 0 Å². The summed E-state index contributed by atoms with van der Waals surface area (Å²) in [5, 5.41) is 3.78. The molecule has 0 unspecified atom stereocenters. The summed E-state index contributed by atoms with van der Waals surface area (Å²) in [6.07, 6.45) is 43.7. The average Bonchev–Trinajstić information content (AvgIpc) is 2.89. The first-order valence-electron chi connectivity index (χ1n) is 17.6. The molecule has 1 heteroatoms. The average molecular weight is 508 g/mol. The van der Waals surface area contributed by atoms with Gasteiger partial charge in [0, 0.05) is 6.04 Å². The Labute approximate surface area is 231 Å². The van der Waals surface area contributed by atoms with E-state index >= 15 is 0 Å². The minimum absolute atomic E-state index is 0.782. The van der Waals surface area contributed by atoms with Crippen molar-refractivity contribution >= 4 is 0 Å². The first kappa shape index (κ1) is 36.0. The summed E-state index contributed by atoms with van der Waals surface area (Å²) in [5.41, 5.74) is 0.